The molecule has 0 amide bonds. The predicted octanol–water partition coefficient (Wildman–Crippen LogP) is 13.5. The van der Waals surface area contributed by atoms with Gasteiger partial charge in [0.05, 0.1) is 0 Å². The summed E-state index contributed by atoms with van der Waals surface area (Å²) in [5.41, 5.74) is 14.5. The summed E-state index contributed by atoms with van der Waals surface area (Å²) in [4.78, 5) is 0. The minimum Gasteiger partial charge on any atom is -0.384 e. The standard InChI is InChI=1S/C52H38O/c1-52(2)46-23-13-12-22-44(46)50-39-17-7-6-16-38(39)45(32-47(50)52)33-24-26-34(27-25-33)48-40-18-8-10-20-42(40)49(43-21-11-9-19-41(43)48)35-28-30-37(31-29-35)51(53)36-14-4-3-5-15-36/h3-32,51,53H,1-2H3. The fraction of sp³-hybridized carbons (Fsp3) is 0.0769. The monoisotopic (exact) mass is 678 g/mol. The van der Waals surface area contributed by atoms with Gasteiger partial charge in [0.25, 0.3) is 0 Å². The number of aliphatic hydroxyl groups is 1. The van der Waals surface area contributed by atoms with Gasteiger partial charge in [0.15, 0.2) is 0 Å². The van der Waals surface area contributed by atoms with E-state index in [0.29, 0.717) is 0 Å². The van der Waals surface area contributed by atoms with Crippen molar-refractivity contribution in [2.45, 2.75) is 25.4 Å². The third-order valence-corrected chi connectivity index (χ3v) is 11.6. The summed E-state index contributed by atoms with van der Waals surface area (Å²) in [7, 11) is 0. The van der Waals surface area contributed by atoms with Crippen LogP contribution in [0.2, 0.25) is 0 Å². The Morgan fingerprint density at radius 2 is 0.774 bits per heavy atom. The van der Waals surface area contributed by atoms with Gasteiger partial charge in [-0.3, -0.25) is 0 Å². The van der Waals surface area contributed by atoms with Gasteiger partial charge in [-0.25, -0.2) is 0 Å². The lowest BCUT2D eigenvalue weighted by atomic mass is 9.80. The highest BCUT2D eigenvalue weighted by molar-refractivity contribution is 6.21. The maximum Gasteiger partial charge on any atom is 0.104 e. The van der Waals surface area contributed by atoms with Crippen LogP contribution >= 0.6 is 0 Å². The Kier molecular flexibility index (Phi) is 7.22. The van der Waals surface area contributed by atoms with Crippen LogP contribution < -0.4 is 0 Å². The van der Waals surface area contributed by atoms with Crippen LogP contribution in [0.3, 0.4) is 0 Å². The maximum absolute atomic E-state index is 11.1. The summed E-state index contributed by atoms with van der Waals surface area (Å²) < 4.78 is 0. The normalized spacial score (nSPS) is 13.6. The number of rotatable bonds is 5. The number of benzene rings is 9. The second kappa shape index (κ2) is 12.2. The molecule has 0 aromatic heterocycles. The molecule has 9 aromatic rings. The summed E-state index contributed by atoms with van der Waals surface area (Å²) in [6, 6.07) is 65.4. The van der Waals surface area contributed by atoms with Gasteiger partial charge in [-0.1, -0.05) is 190 Å². The lowest BCUT2D eigenvalue weighted by molar-refractivity contribution is 0.220. The molecule has 0 saturated carbocycles. The van der Waals surface area contributed by atoms with E-state index in [1.807, 2.05) is 30.3 Å². The fourth-order valence-corrected chi connectivity index (χ4v) is 9.02. The molecule has 0 radical (unpaired) electrons. The maximum atomic E-state index is 11.1. The molecule has 1 aliphatic rings. The van der Waals surface area contributed by atoms with Crippen LogP contribution in [-0.4, -0.2) is 5.11 Å². The Morgan fingerprint density at radius 3 is 1.34 bits per heavy atom. The Labute approximate surface area is 310 Å². The SMILES string of the molecule is CC1(C)c2ccccc2-c2c1cc(-c1ccc(-c3c4ccccc4c(-c4ccc(C(O)c5ccccc5)cc4)c4ccccc34)cc1)c1ccccc21. The molecule has 0 saturated heterocycles. The molecular formula is C52H38O. The van der Waals surface area contributed by atoms with Crippen LogP contribution in [0.15, 0.2) is 182 Å². The van der Waals surface area contributed by atoms with E-state index in [4.69, 9.17) is 0 Å². The zero-order valence-electron chi connectivity index (χ0n) is 29.8. The Hall–Kier alpha value is -6.28. The number of aliphatic hydroxyl groups excluding tert-OH is 1. The second-order valence-electron chi connectivity index (χ2n) is 14.9. The van der Waals surface area contributed by atoms with Crippen LogP contribution in [0.25, 0.3) is 76.8 Å². The number of hydrogen-bond donors (Lipinski definition) is 1. The molecule has 1 N–H and O–H groups in total. The highest BCUT2D eigenvalue weighted by Gasteiger charge is 2.37. The molecule has 9 aromatic carbocycles. The van der Waals surface area contributed by atoms with Gasteiger partial charge in [-0.15, -0.1) is 0 Å². The molecule has 1 nitrogen and oxygen atoms in total. The lowest BCUT2D eigenvalue weighted by Gasteiger charge is -2.23. The molecule has 252 valence electrons. The highest BCUT2D eigenvalue weighted by atomic mass is 16.3. The molecule has 1 heteroatoms. The van der Waals surface area contributed by atoms with E-state index < -0.39 is 6.10 Å². The van der Waals surface area contributed by atoms with Crippen molar-refractivity contribution in [3.63, 3.8) is 0 Å². The number of hydrogen-bond acceptors (Lipinski definition) is 1. The van der Waals surface area contributed by atoms with E-state index in [-0.39, 0.29) is 5.41 Å². The summed E-state index contributed by atoms with van der Waals surface area (Å²) in [6.07, 6.45) is -0.665. The first-order valence-electron chi connectivity index (χ1n) is 18.5. The first-order chi connectivity index (χ1) is 26.0. The third-order valence-electron chi connectivity index (χ3n) is 11.6. The molecular weight excluding hydrogens is 641 g/mol. The molecule has 1 aliphatic carbocycles. The predicted molar refractivity (Wildman–Crippen MR) is 223 cm³/mol. The quantitative estimate of drug-likeness (QED) is 0.180. The van der Waals surface area contributed by atoms with E-state index in [9.17, 15) is 5.11 Å². The van der Waals surface area contributed by atoms with Crippen LogP contribution in [0, 0.1) is 0 Å². The smallest absolute Gasteiger partial charge is 0.104 e. The van der Waals surface area contributed by atoms with E-state index in [0.717, 1.165) is 16.7 Å². The first-order valence-corrected chi connectivity index (χ1v) is 18.5. The van der Waals surface area contributed by atoms with Crippen molar-refractivity contribution in [2.24, 2.45) is 0 Å². The van der Waals surface area contributed by atoms with Gasteiger partial charge in [0.2, 0.25) is 0 Å². The van der Waals surface area contributed by atoms with Crippen molar-refractivity contribution in [1.29, 1.82) is 0 Å². The topological polar surface area (TPSA) is 20.2 Å². The van der Waals surface area contributed by atoms with Crippen molar-refractivity contribution >= 4 is 32.3 Å². The zero-order chi connectivity index (χ0) is 35.7. The van der Waals surface area contributed by atoms with Crippen LogP contribution in [0.5, 0.6) is 0 Å². The molecule has 0 fully saturated rings. The minimum absolute atomic E-state index is 0.0771. The Balaban J connectivity index is 1.10. The third kappa shape index (κ3) is 4.89. The molecule has 0 heterocycles. The van der Waals surface area contributed by atoms with E-state index in [2.05, 4.69) is 166 Å². The van der Waals surface area contributed by atoms with Gasteiger partial charge < -0.3 is 5.11 Å². The molecule has 53 heavy (non-hydrogen) atoms. The van der Waals surface area contributed by atoms with Crippen molar-refractivity contribution in [3.8, 4) is 44.5 Å². The average Bonchev–Trinajstić information content (AvgIpc) is 3.45. The van der Waals surface area contributed by atoms with E-state index >= 15 is 0 Å². The van der Waals surface area contributed by atoms with Gasteiger partial charge in [0, 0.05) is 5.41 Å². The van der Waals surface area contributed by atoms with E-state index in [1.165, 1.54) is 82.4 Å². The minimum atomic E-state index is -0.665. The van der Waals surface area contributed by atoms with Crippen molar-refractivity contribution in [1.82, 2.24) is 0 Å². The number of fused-ring (bicyclic) bond motifs is 7. The van der Waals surface area contributed by atoms with Crippen LogP contribution in [0.1, 0.15) is 42.2 Å². The summed E-state index contributed by atoms with van der Waals surface area (Å²) in [6.45, 7) is 4.73. The van der Waals surface area contributed by atoms with Gasteiger partial charge >= 0.3 is 0 Å². The lowest BCUT2D eigenvalue weighted by Crippen LogP contribution is -2.15. The second-order valence-corrected chi connectivity index (χ2v) is 14.9. The molecule has 1 unspecified atom stereocenters. The van der Waals surface area contributed by atoms with Gasteiger partial charge in [0.1, 0.15) is 6.10 Å². The first kappa shape index (κ1) is 31.5. The van der Waals surface area contributed by atoms with Gasteiger partial charge in [-0.2, -0.15) is 0 Å². The molecule has 1 atom stereocenters. The van der Waals surface area contributed by atoms with Crippen molar-refractivity contribution in [3.05, 3.63) is 204 Å². The van der Waals surface area contributed by atoms with E-state index in [1.54, 1.807) is 0 Å². The molecule has 0 aliphatic heterocycles. The Morgan fingerprint density at radius 1 is 0.358 bits per heavy atom. The molecule has 10 rings (SSSR count). The molecule has 0 bridgehead atoms. The van der Waals surface area contributed by atoms with Crippen LogP contribution in [-0.2, 0) is 5.41 Å². The van der Waals surface area contributed by atoms with Crippen molar-refractivity contribution in [2.75, 3.05) is 0 Å². The van der Waals surface area contributed by atoms with Crippen LogP contribution in [0.4, 0.5) is 0 Å². The largest absolute Gasteiger partial charge is 0.384 e. The highest BCUT2D eigenvalue weighted by Crippen LogP contribution is 2.53. The Bertz CT molecular complexity index is 2790. The van der Waals surface area contributed by atoms with Crippen molar-refractivity contribution < 1.29 is 5.11 Å². The summed E-state index contributed by atoms with van der Waals surface area (Å²) in [5.74, 6) is 0. The fourth-order valence-electron chi connectivity index (χ4n) is 9.02. The van der Waals surface area contributed by atoms with Gasteiger partial charge in [-0.05, 0) is 105 Å². The molecule has 0 spiro atoms. The summed E-state index contributed by atoms with van der Waals surface area (Å²) >= 11 is 0. The summed E-state index contributed by atoms with van der Waals surface area (Å²) in [5, 5.41) is 18.6. The average molecular weight is 679 g/mol. The zero-order valence-corrected chi connectivity index (χ0v) is 29.8.